The van der Waals surface area contributed by atoms with Crippen LogP contribution in [0.4, 0.5) is 4.79 Å². The maximum Gasteiger partial charge on any atom is 0.318 e. The molecule has 1 N–H and O–H groups in total. The number of piperidine rings is 1. The highest BCUT2D eigenvalue weighted by molar-refractivity contribution is 5.74. The maximum absolute atomic E-state index is 12.4. The Morgan fingerprint density at radius 2 is 2.20 bits per heavy atom. The first-order valence-corrected chi connectivity index (χ1v) is 8.75. The van der Waals surface area contributed by atoms with Crippen molar-refractivity contribution in [1.29, 1.82) is 0 Å². The van der Waals surface area contributed by atoms with Crippen molar-refractivity contribution in [3.05, 3.63) is 54.1 Å². The summed E-state index contributed by atoms with van der Waals surface area (Å²) >= 11 is 0. The lowest BCUT2D eigenvalue weighted by Gasteiger charge is -2.32. The second kappa shape index (κ2) is 8.39. The number of carbonyl (C=O) groups excluding carboxylic acids is 1. The average Bonchev–Trinajstić information content (AvgIpc) is 3.04. The minimum Gasteiger partial charge on any atom is -0.338 e. The minimum atomic E-state index is -0.0214. The monoisotopic (exact) mass is 336 g/mol. The van der Waals surface area contributed by atoms with Crippen molar-refractivity contribution in [2.75, 3.05) is 19.6 Å². The first-order chi connectivity index (χ1) is 12.2. The van der Waals surface area contributed by atoms with E-state index in [1.807, 2.05) is 54.7 Å². The summed E-state index contributed by atoms with van der Waals surface area (Å²) < 4.78 is 2.05. The number of hydrogen-bond acceptors (Lipinski definition) is 2. The third-order valence-corrected chi connectivity index (χ3v) is 4.53. The fourth-order valence-corrected chi connectivity index (χ4v) is 3.17. The average molecular weight is 336 g/mol. The molecule has 0 aliphatic carbocycles. The predicted molar refractivity (Wildman–Crippen MR) is 97.9 cm³/mol. The van der Waals surface area contributed by atoms with Crippen LogP contribution in [0.3, 0.4) is 0 Å². The molecule has 2 amide bonds. The number of carbonyl (C=O) groups is 1. The number of likely N-dealkylation sites (tertiary alicyclic amines) is 1. The van der Waals surface area contributed by atoms with Gasteiger partial charge in [0.15, 0.2) is 0 Å². The van der Waals surface area contributed by atoms with Crippen LogP contribution in [0.2, 0.25) is 0 Å². The van der Waals surface area contributed by atoms with Crippen LogP contribution in [-0.4, -0.2) is 40.1 Å². The molecule has 5 nitrogen and oxygen atoms in total. The molecule has 1 fully saturated rings. The summed E-state index contributed by atoms with van der Waals surface area (Å²) in [5, 5.41) is 2.91. The van der Waals surface area contributed by atoms with E-state index >= 15 is 0 Å². The minimum absolute atomic E-state index is 0.0214. The van der Waals surface area contributed by atoms with Gasteiger partial charge in [0.2, 0.25) is 0 Å². The third kappa shape index (κ3) is 4.87. The van der Waals surface area contributed by atoms with Crippen LogP contribution in [-0.2, 0) is 13.5 Å². The molecule has 1 aromatic heterocycles. The van der Waals surface area contributed by atoms with Crippen LogP contribution in [0.1, 0.15) is 24.2 Å². The number of hydrogen-bond donors (Lipinski definition) is 1. The Labute approximate surface area is 149 Å². The maximum atomic E-state index is 12.4. The van der Waals surface area contributed by atoms with Crippen molar-refractivity contribution in [1.82, 2.24) is 19.8 Å². The second-order valence-corrected chi connectivity index (χ2v) is 6.44. The highest BCUT2D eigenvalue weighted by atomic mass is 16.2. The number of imidazole rings is 1. The van der Waals surface area contributed by atoms with Crippen molar-refractivity contribution in [3.63, 3.8) is 0 Å². The summed E-state index contributed by atoms with van der Waals surface area (Å²) in [7, 11) is 2.01. The van der Waals surface area contributed by atoms with Crippen molar-refractivity contribution in [2.45, 2.75) is 19.3 Å². The van der Waals surface area contributed by atoms with E-state index in [-0.39, 0.29) is 6.03 Å². The molecular formula is C20H24N4O. The van der Waals surface area contributed by atoms with Crippen LogP contribution >= 0.6 is 0 Å². The molecule has 0 radical (unpaired) electrons. The van der Waals surface area contributed by atoms with E-state index in [9.17, 15) is 4.79 Å². The molecule has 1 saturated heterocycles. The number of benzene rings is 1. The van der Waals surface area contributed by atoms with Crippen LogP contribution in [0.15, 0.2) is 42.7 Å². The van der Waals surface area contributed by atoms with E-state index in [1.54, 1.807) is 0 Å². The van der Waals surface area contributed by atoms with Crippen LogP contribution in [0.5, 0.6) is 0 Å². The molecule has 1 unspecified atom stereocenters. The lowest BCUT2D eigenvalue weighted by molar-refractivity contribution is 0.165. The molecule has 0 bridgehead atoms. The first kappa shape index (κ1) is 17.1. The van der Waals surface area contributed by atoms with E-state index in [1.165, 1.54) is 0 Å². The SMILES string of the molecule is Cn1ccnc1CC1CCCN(C(=O)NCC#Cc2ccccc2)C1. The van der Waals surface area contributed by atoms with Crippen molar-refractivity contribution in [2.24, 2.45) is 13.0 Å². The lowest BCUT2D eigenvalue weighted by Crippen LogP contribution is -2.46. The van der Waals surface area contributed by atoms with E-state index in [0.29, 0.717) is 12.5 Å². The molecule has 1 aromatic carbocycles. The Balaban J connectivity index is 1.47. The van der Waals surface area contributed by atoms with Gasteiger partial charge in [-0.25, -0.2) is 9.78 Å². The molecule has 1 atom stereocenters. The quantitative estimate of drug-likeness (QED) is 0.875. The van der Waals surface area contributed by atoms with E-state index in [0.717, 1.165) is 43.7 Å². The zero-order chi connectivity index (χ0) is 17.5. The topological polar surface area (TPSA) is 50.2 Å². The summed E-state index contributed by atoms with van der Waals surface area (Å²) in [4.78, 5) is 18.6. The number of aromatic nitrogens is 2. The molecule has 5 heteroatoms. The van der Waals surface area contributed by atoms with Gasteiger partial charge < -0.3 is 14.8 Å². The standard InChI is InChI=1S/C20H24N4O/c1-23-14-12-21-19(23)15-18-10-6-13-24(16-18)20(25)22-11-5-9-17-7-3-2-4-8-17/h2-4,7-8,12,14,18H,6,10-11,13,15-16H2,1H3,(H,22,25). The van der Waals surface area contributed by atoms with Crippen molar-refractivity contribution < 1.29 is 4.79 Å². The highest BCUT2D eigenvalue weighted by Crippen LogP contribution is 2.20. The number of urea groups is 1. The summed E-state index contributed by atoms with van der Waals surface area (Å²) in [6.07, 6.45) is 6.89. The van der Waals surface area contributed by atoms with Gasteiger partial charge in [0.25, 0.3) is 0 Å². The number of nitrogens with one attached hydrogen (secondary N) is 1. The Kier molecular flexibility index (Phi) is 5.73. The first-order valence-electron chi connectivity index (χ1n) is 8.75. The third-order valence-electron chi connectivity index (χ3n) is 4.53. The molecule has 1 aliphatic rings. The van der Waals surface area contributed by atoms with Gasteiger partial charge in [-0.05, 0) is 30.9 Å². The van der Waals surface area contributed by atoms with Gasteiger partial charge >= 0.3 is 6.03 Å². The largest absolute Gasteiger partial charge is 0.338 e. The number of rotatable bonds is 3. The molecular weight excluding hydrogens is 312 g/mol. The number of amides is 2. The Morgan fingerprint density at radius 1 is 1.36 bits per heavy atom. The van der Waals surface area contributed by atoms with Gasteiger partial charge in [-0.3, -0.25) is 0 Å². The second-order valence-electron chi connectivity index (χ2n) is 6.44. The molecule has 130 valence electrons. The van der Waals surface area contributed by atoms with Crippen LogP contribution in [0, 0.1) is 17.8 Å². The van der Waals surface area contributed by atoms with Gasteiger partial charge in [0.1, 0.15) is 5.82 Å². The van der Waals surface area contributed by atoms with Gasteiger partial charge in [-0.2, -0.15) is 0 Å². The number of aryl methyl sites for hydroxylation is 1. The zero-order valence-corrected chi connectivity index (χ0v) is 14.6. The molecule has 2 aromatic rings. The Hall–Kier alpha value is -2.74. The summed E-state index contributed by atoms with van der Waals surface area (Å²) in [5.74, 6) is 7.61. The fraction of sp³-hybridized carbons (Fsp3) is 0.400. The Bertz CT molecular complexity index is 757. The summed E-state index contributed by atoms with van der Waals surface area (Å²) in [6.45, 7) is 1.97. The highest BCUT2D eigenvalue weighted by Gasteiger charge is 2.24. The lowest BCUT2D eigenvalue weighted by atomic mass is 9.94. The molecule has 0 saturated carbocycles. The number of nitrogens with zero attached hydrogens (tertiary/aromatic N) is 3. The van der Waals surface area contributed by atoms with E-state index < -0.39 is 0 Å². The Morgan fingerprint density at radius 3 is 2.96 bits per heavy atom. The summed E-state index contributed by atoms with van der Waals surface area (Å²) in [6, 6.07) is 9.77. The van der Waals surface area contributed by atoms with Gasteiger partial charge in [0, 0.05) is 44.5 Å². The van der Waals surface area contributed by atoms with Crippen LogP contribution < -0.4 is 5.32 Å². The molecule has 2 heterocycles. The fourth-order valence-electron chi connectivity index (χ4n) is 3.17. The smallest absolute Gasteiger partial charge is 0.318 e. The van der Waals surface area contributed by atoms with Crippen molar-refractivity contribution in [3.8, 4) is 11.8 Å². The van der Waals surface area contributed by atoms with Crippen LogP contribution in [0.25, 0.3) is 0 Å². The van der Waals surface area contributed by atoms with E-state index in [2.05, 4.69) is 26.7 Å². The molecule has 0 spiro atoms. The molecule has 1 aliphatic heterocycles. The molecule has 25 heavy (non-hydrogen) atoms. The van der Waals surface area contributed by atoms with Gasteiger partial charge in [-0.1, -0.05) is 30.0 Å². The zero-order valence-electron chi connectivity index (χ0n) is 14.6. The van der Waals surface area contributed by atoms with E-state index in [4.69, 9.17) is 0 Å². The van der Waals surface area contributed by atoms with Crippen molar-refractivity contribution >= 4 is 6.03 Å². The van der Waals surface area contributed by atoms with Gasteiger partial charge in [-0.15, -0.1) is 0 Å². The predicted octanol–water partition coefficient (Wildman–Crippen LogP) is 2.44. The molecule has 3 rings (SSSR count). The normalized spacial score (nSPS) is 16.8. The van der Waals surface area contributed by atoms with Gasteiger partial charge in [0.05, 0.1) is 6.54 Å². The summed E-state index contributed by atoms with van der Waals surface area (Å²) in [5.41, 5.74) is 0.963.